The van der Waals surface area contributed by atoms with Crippen LogP contribution in [0.3, 0.4) is 0 Å². The second kappa shape index (κ2) is 6.66. The van der Waals surface area contributed by atoms with Crippen LogP contribution in [0.2, 0.25) is 0 Å². The normalized spacial score (nSPS) is 12.1. The van der Waals surface area contributed by atoms with E-state index in [2.05, 4.69) is 5.32 Å². The number of amides is 1. The van der Waals surface area contributed by atoms with E-state index >= 15 is 0 Å². The first-order valence-corrected chi connectivity index (χ1v) is 7.13. The number of carbonyl (C=O) groups is 1. The molecule has 0 heterocycles. The molecule has 0 fully saturated rings. The quantitative estimate of drug-likeness (QED) is 0.816. The largest absolute Gasteiger partial charge is 0.351 e. The van der Waals surface area contributed by atoms with Crippen LogP contribution in [0.5, 0.6) is 0 Å². The van der Waals surface area contributed by atoms with E-state index in [-0.39, 0.29) is 5.91 Å². The average Bonchev–Trinajstić information content (AvgIpc) is 2.28. The summed E-state index contributed by atoms with van der Waals surface area (Å²) in [6.07, 6.45) is 1.61. The van der Waals surface area contributed by atoms with Crippen LogP contribution in [0.4, 0.5) is 0 Å². The molecule has 5 heteroatoms. The molecule has 0 spiro atoms. The van der Waals surface area contributed by atoms with Gasteiger partial charge in [-0.05, 0) is 17.7 Å². The number of carbonyl (C=O) groups excluding carboxylic acids is 1. The van der Waals surface area contributed by atoms with Crippen molar-refractivity contribution in [3.63, 3.8) is 0 Å². The van der Waals surface area contributed by atoms with E-state index in [4.69, 9.17) is 11.6 Å². The number of alkyl halides is 1. The summed E-state index contributed by atoms with van der Waals surface area (Å²) in [6, 6.07) is 7.10. The van der Waals surface area contributed by atoms with Gasteiger partial charge in [-0.3, -0.25) is 9.00 Å². The van der Waals surface area contributed by atoms with Crippen molar-refractivity contribution in [2.75, 3.05) is 18.6 Å². The van der Waals surface area contributed by atoms with Gasteiger partial charge in [-0.25, -0.2) is 0 Å². The van der Waals surface area contributed by atoms with Crippen molar-refractivity contribution in [1.82, 2.24) is 5.32 Å². The highest BCUT2D eigenvalue weighted by atomic mass is 35.5. The summed E-state index contributed by atoms with van der Waals surface area (Å²) >= 11 is 5.64. The Hall–Kier alpha value is -0.870. The second-order valence-electron chi connectivity index (χ2n) is 3.36. The van der Waals surface area contributed by atoms with E-state index in [1.165, 1.54) is 0 Å². The minimum Gasteiger partial charge on any atom is -0.351 e. The maximum atomic E-state index is 11.6. The Morgan fingerprint density at radius 1 is 1.38 bits per heavy atom. The Bertz CT molecular complexity index is 378. The third-order valence-electron chi connectivity index (χ3n) is 2.05. The molecule has 1 aromatic rings. The van der Waals surface area contributed by atoms with Gasteiger partial charge in [0.2, 0.25) is 0 Å². The lowest BCUT2D eigenvalue weighted by atomic mass is 10.1. The van der Waals surface area contributed by atoms with Gasteiger partial charge in [-0.1, -0.05) is 12.1 Å². The minimum absolute atomic E-state index is 0.147. The first-order chi connectivity index (χ1) is 7.63. The summed E-state index contributed by atoms with van der Waals surface area (Å²) < 4.78 is 10.8. The zero-order valence-corrected chi connectivity index (χ0v) is 10.6. The summed E-state index contributed by atoms with van der Waals surface area (Å²) in [7, 11) is -0.876. The maximum absolute atomic E-state index is 11.6. The highest BCUT2D eigenvalue weighted by Crippen LogP contribution is 2.06. The zero-order chi connectivity index (χ0) is 12.0. The van der Waals surface area contributed by atoms with Crippen LogP contribution in [0.15, 0.2) is 24.3 Å². The highest BCUT2D eigenvalue weighted by molar-refractivity contribution is 7.84. The lowest BCUT2D eigenvalue weighted by Gasteiger charge is -2.04. The van der Waals surface area contributed by atoms with Crippen molar-refractivity contribution in [3.8, 4) is 0 Å². The summed E-state index contributed by atoms with van der Waals surface area (Å²) in [5.74, 6) is 0.772. The summed E-state index contributed by atoms with van der Waals surface area (Å²) in [4.78, 5) is 11.6. The molecule has 0 aromatic heterocycles. The predicted molar refractivity (Wildman–Crippen MR) is 67.3 cm³/mol. The molecule has 16 heavy (non-hydrogen) atoms. The van der Waals surface area contributed by atoms with Gasteiger partial charge in [0.25, 0.3) is 5.91 Å². The molecule has 0 aliphatic heterocycles. The molecule has 88 valence electrons. The van der Waals surface area contributed by atoms with Crippen LogP contribution in [-0.2, 0) is 16.7 Å². The van der Waals surface area contributed by atoms with Crippen LogP contribution < -0.4 is 5.32 Å². The van der Waals surface area contributed by atoms with Crippen molar-refractivity contribution in [2.45, 2.75) is 5.88 Å². The summed E-state index contributed by atoms with van der Waals surface area (Å²) in [5, 5.41) is 2.70. The minimum atomic E-state index is -0.876. The molecule has 1 rings (SSSR count). The standard InChI is InChI=1S/C11H14ClNO2S/c1-16(15)7-6-13-11(14)10-4-2-9(8-12)3-5-10/h2-5H,6-8H2,1H3,(H,13,14). The first-order valence-electron chi connectivity index (χ1n) is 4.86. The fourth-order valence-corrected chi connectivity index (χ4v) is 1.72. The number of hydrogen-bond acceptors (Lipinski definition) is 2. The molecule has 1 N–H and O–H groups in total. The Labute approximate surface area is 103 Å². The maximum Gasteiger partial charge on any atom is 0.251 e. The molecular weight excluding hydrogens is 246 g/mol. The van der Waals surface area contributed by atoms with Gasteiger partial charge in [0, 0.05) is 40.8 Å². The second-order valence-corrected chi connectivity index (χ2v) is 5.19. The lowest BCUT2D eigenvalue weighted by Crippen LogP contribution is -2.27. The number of halogens is 1. The molecule has 1 amide bonds. The van der Waals surface area contributed by atoms with E-state index in [0.29, 0.717) is 23.7 Å². The van der Waals surface area contributed by atoms with Gasteiger partial charge in [0.1, 0.15) is 0 Å². The molecule has 1 aromatic carbocycles. The average molecular weight is 260 g/mol. The number of nitrogens with one attached hydrogen (secondary N) is 1. The molecule has 3 nitrogen and oxygen atoms in total. The molecule has 0 saturated heterocycles. The monoisotopic (exact) mass is 259 g/mol. The van der Waals surface area contributed by atoms with E-state index in [1.807, 2.05) is 12.1 Å². The van der Waals surface area contributed by atoms with Gasteiger partial charge in [-0.2, -0.15) is 0 Å². The van der Waals surface area contributed by atoms with E-state index in [0.717, 1.165) is 5.56 Å². The van der Waals surface area contributed by atoms with Gasteiger partial charge < -0.3 is 5.32 Å². The topological polar surface area (TPSA) is 46.2 Å². The number of benzene rings is 1. The Balaban J connectivity index is 2.49. The Morgan fingerprint density at radius 3 is 2.50 bits per heavy atom. The van der Waals surface area contributed by atoms with Gasteiger partial charge in [0.05, 0.1) is 0 Å². The SMILES string of the molecule is CS(=O)CCNC(=O)c1ccc(CCl)cc1. The fraction of sp³-hybridized carbons (Fsp3) is 0.364. The van der Waals surface area contributed by atoms with Crippen molar-refractivity contribution in [2.24, 2.45) is 0 Å². The van der Waals surface area contributed by atoms with E-state index < -0.39 is 10.8 Å². The van der Waals surface area contributed by atoms with Crippen LogP contribution in [0.1, 0.15) is 15.9 Å². The molecule has 0 aliphatic rings. The zero-order valence-electron chi connectivity index (χ0n) is 9.03. The van der Waals surface area contributed by atoms with Crippen molar-refractivity contribution in [3.05, 3.63) is 35.4 Å². The molecule has 0 radical (unpaired) electrons. The van der Waals surface area contributed by atoms with Crippen molar-refractivity contribution >= 4 is 28.3 Å². The number of rotatable bonds is 5. The third kappa shape index (κ3) is 4.33. The van der Waals surface area contributed by atoms with Crippen molar-refractivity contribution < 1.29 is 9.00 Å². The summed E-state index contributed by atoms with van der Waals surface area (Å²) in [6.45, 7) is 0.430. The van der Waals surface area contributed by atoms with Gasteiger partial charge in [-0.15, -0.1) is 11.6 Å². The van der Waals surface area contributed by atoms with E-state index in [9.17, 15) is 9.00 Å². The number of hydrogen-bond donors (Lipinski definition) is 1. The summed E-state index contributed by atoms with van der Waals surface area (Å²) in [5.41, 5.74) is 1.57. The predicted octanol–water partition coefficient (Wildman–Crippen LogP) is 1.53. The van der Waals surface area contributed by atoms with Crippen LogP contribution in [0, 0.1) is 0 Å². The van der Waals surface area contributed by atoms with Crippen molar-refractivity contribution in [1.29, 1.82) is 0 Å². The van der Waals surface area contributed by atoms with Crippen LogP contribution in [0.25, 0.3) is 0 Å². The Kier molecular flexibility index (Phi) is 5.49. The fourth-order valence-electron chi connectivity index (χ4n) is 1.16. The molecule has 1 unspecified atom stereocenters. The first kappa shape index (κ1) is 13.2. The molecule has 0 bridgehead atoms. The van der Waals surface area contributed by atoms with Crippen LogP contribution >= 0.6 is 11.6 Å². The van der Waals surface area contributed by atoms with Crippen LogP contribution in [-0.4, -0.2) is 28.7 Å². The molecule has 0 aliphatic carbocycles. The molecule has 1 atom stereocenters. The highest BCUT2D eigenvalue weighted by Gasteiger charge is 2.04. The molecular formula is C11H14ClNO2S. The Morgan fingerprint density at radius 2 is 2.00 bits per heavy atom. The van der Waals surface area contributed by atoms with E-state index in [1.54, 1.807) is 18.4 Å². The molecule has 0 saturated carbocycles. The van der Waals surface area contributed by atoms with Gasteiger partial charge in [0.15, 0.2) is 0 Å². The lowest BCUT2D eigenvalue weighted by molar-refractivity contribution is 0.0956. The third-order valence-corrected chi connectivity index (χ3v) is 3.13. The van der Waals surface area contributed by atoms with Gasteiger partial charge >= 0.3 is 0 Å². The smallest absolute Gasteiger partial charge is 0.251 e.